The van der Waals surface area contributed by atoms with E-state index < -0.39 is 0 Å². The van der Waals surface area contributed by atoms with Gasteiger partial charge >= 0.3 is 0 Å². The van der Waals surface area contributed by atoms with Gasteiger partial charge in [0.2, 0.25) is 0 Å². The Morgan fingerprint density at radius 1 is 1.20 bits per heavy atom. The van der Waals surface area contributed by atoms with Crippen LogP contribution in [0, 0.1) is 0 Å². The fourth-order valence-corrected chi connectivity index (χ4v) is 1.25. The molecule has 1 aromatic carbocycles. The van der Waals surface area contributed by atoms with Crippen LogP contribution >= 0.6 is 21.9 Å². The number of hydrogen-bond donors (Lipinski definition) is 0. The quantitative estimate of drug-likeness (QED) is 0.512. The lowest BCUT2D eigenvalue weighted by Gasteiger charge is -1.98. The molecule has 0 spiro atoms. The molecule has 0 aliphatic carbocycles. The van der Waals surface area contributed by atoms with E-state index in [9.17, 15) is 0 Å². The van der Waals surface area contributed by atoms with Gasteiger partial charge in [-0.15, -0.1) is 0 Å². The lowest BCUT2D eigenvalue weighted by Crippen LogP contribution is -1.74. The second kappa shape index (κ2) is 4.52. The molecule has 0 saturated heterocycles. The van der Waals surface area contributed by atoms with Crippen molar-refractivity contribution < 1.29 is 4.18 Å². The second-order valence-electron chi connectivity index (χ2n) is 1.63. The molecule has 1 nitrogen and oxygen atoms in total. The summed E-state index contributed by atoms with van der Waals surface area (Å²) in [4.78, 5) is 0. The van der Waals surface area contributed by atoms with E-state index in [1.54, 1.807) is 10.8 Å². The molecule has 0 atom stereocenters. The number of rotatable bonds is 3. The van der Waals surface area contributed by atoms with E-state index in [2.05, 4.69) is 0 Å². The van der Waals surface area contributed by atoms with Gasteiger partial charge in [0.1, 0.15) is 16.8 Å². The van der Waals surface area contributed by atoms with Crippen molar-refractivity contribution in [2.45, 2.75) is 0 Å². The maximum atomic E-state index is 5.23. The zero-order chi connectivity index (χ0) is 7.23. The lowest BCUT2D eigenvalue weighted by atomic mass is 10.3. The third-order valence-corrected chi connectivity index (χ3v) is 1.95. The predicted octanol–water partition coefficient (Wildman–Crippen LogP) is 2.99. The summed E-state index contributed by atoms with van der Waals surface area (Å²) in [5.41, 5.74) is 0. The van der Waals surface area contributed by atoms with Crippen molar-refractivity contribution in [3.8, 4) is 5.75 Å². The Hall–Kier alpha value is -0.280. The van der Waals surface area contributed by atoms with Crippen LogP contribution in [-0.2, 0) is 0 Å². The van der Waals surface area contributed by atoms with E-state index in [1.807, 2.05) is 36.6 Å². The Labute approximate surface area is 68.8 Å². The van der Waals surface area contributed by atoms with Crippen molar-refractivity contribution in [1.29, 1.82) is 0 Å². The number of hydrogen-bond acceptors (Lipinski definition) is 3. The number of para-hydroxylation sites is 1. The van der Waals surface area contributed by atoms with Gasteiger partial charge < -0.3 is 4.18 Å². The molecule has 0 aliphatic heterocycles. The van der Waals surface area contributed by atoms with Gasteiger partial charge in [0.25, 0.3) is 0 Å². The van der Waals surface area contributed by atoms with E-state index in [0.29, 0.717) is 0 Å². The van der Waals surface area contributed by atoms with Crippen LogP contribution in [0.2, 0.25) is 0 Å². The van der Waals surface area contributed by atoms with Gasteiger partial charge in [-0.2, -0.15) is 0 Å². The fourth-order valence-electron chi connectivity index (χ4n) is 0.549. The fraction of sp³-hybridized carbons (Fsp3) is 0.143. The van der Waals surface area contributed by atoms with E-state index >= 15 is 0 Å². The highest BCUT2D eigenvalue weighted by Gasteiger charge is 1.88. The van der Waals surface area contributed by atoms with Gasteiger partial charge in [-0.3, -0.25) is 0 Å². The molecule has 0 saturated carbocycles. The second-order valence-corrected chi connectivity index (χ2v) is 3.68. The highest BCUT2D eigenvalue weighted by molar-refractivity contribution is 8.74. The van der Waals surface area contributed by atoms with E-state index in [4.69, 9.17) is 4.18 Å². The average molecular weight is 172 g/mol. The van der Waals surface area contributed by atoms with Crippen LogP contribution in [0.5, 0.6) is 5.75 Å². The summed E-state index contributed by atoms with van der Waals surface area (Å²) in [6, 6.07) is 9.75. The summed E-state index contributed by atoms with van der Waals surface area (Å²) < 4.78 is 5.23. The van der Waals surface area contributed by atoms with Crippen molar-refractivity contribution >= 4 is 21.9 Å². The summed E-state index contributed by atoms with van der Waals surface area (Å²) in [7, 11) is 1.59. The predicted molar refractivity (Wildman–Crippen MR) is 48.2 cm³/mol. The first kappa shape index (κ1) is 7.82. The van der Waals surface area contributed by atoms with Gasteiger partial charge in [0, 0.05) is 0 Å². The number of benzene rings is 1. The molecule has 0 fully saturated rings. The Balaban J connectivity index is 2.43. The lowest BCUT2D eigenvalue weighted by molar-refractivity contribution is 0.656. The Kier molecular flexibility index (Phi) is 3.54. The van der Waals surface area contributed by atoms with Gasteiger partial charge in [0.05, 0.1) is 0 Å². The van der Waals surface area contributed by atoms with Crippen LogP contribution in [0.1, 0.15) is 0 Å². The third-order valence-electron chi connectivity index (χ3n) is 0.941. The van der Waals surface area contributed by atoms with Crippen LogP contribution in [0.25, 0.3) is 0 Å². The molecular weight excluding hydrogens is 164 g/mol. The molecule has 1 aromatic rings. The molecule has 0 aliphatic rings. The van der Waals surface area contributed by atoms with Crippen molar-refractivity contribution in [2.24, 2.45) is 0 Å². The minimum atomic E-state index is 0.904. The topological polar surface area (TPSA) is 9.23 Å². The molecule has 10 heavy (non-hydrogen) atoms. The van der Waals surface area contributed by atoms with Crippen LogP contribution in [0.4, 0.5) is 0 Å². The van der Waals surface area contributed by atoms with Crippen LogP contribution < -0.4 is 4.18 Å². The first-order chi connectivity index (χ1) is 4.93. The molecule has 0 unspecified atom stereocenters. The zero-order valence-corrected chi connectivity index (χ0v) is 7.24. The summed E-state index contributed by atoms with van der Waals surface area (Å²) in [6.45, 7) is 0. The maximum Gasteiger partial charge on any atom is 0.138 e. The molecule has 0 N–H and O–H groups in total. The average Bonchev–Trinajstić information content (AvgIpc) is 2.03. The Morgan fingerprint density at radius 2 is 1.90 bits per heavy atom. The zero-order valence-electron chi connectivity index (χ0n) is 5.61. The molecule has 0 heterocycles. The van der Waals surface area contributed by atoms with Gasteiger partial charge in [-0.1, -0.05) is 29.0 Å². The monoisotopic (exact) mass is 172 g/mol. The Morgan fingerprint density at radius 3 is 2.50 bits per heavy atom. The standard InChI is InChI=1S/C7H8OS2/c1-9-10-8-7-5-3-2-4-6-7/h2-6H,1H3. The minimum absolute atomic E-state index is 0.904. The summed E-state index contributed by atoms with van der Waals surface area (Å²) in [5, 5.41) is 0. The van der Waals surface area contributed by atoms with E-state index in [-0.39, 0.29) is 0 Å². The van der Waals surface area contributed by atoms with Crippen molar-refractivity contribution in [2.75, 3.05) is 6.26 Å². The molecule has 1 rings (SSSR count). The minimum Gasteiger partial charge on any atom is -0.414 e. The largest absolute Gasteiger partial charge is 0.414 e. The normalized spacial score (nSPS) is 9.30. The molecule has 54 valence electrons. The van der Waals surface area contributed by atoms with Crippen molar-refractivity contribution in [1.82, 2.24) is 0 Å². The highest BCUT2D eigenvalue weighted by Crippen LogP contribution is 2.22. The third kappa shape index (κ3) is 2.54. The van der Waals surface area contributed by atoms with E-state index in [0.717, 1.165) is 5.75 Å². The van der Waals surface area contributed by atoms with Crippen LogP contribution in [0.3, 0.4) is 0 Å². The highest BCUT2D eigenvalue weighted by atomic mass is 33.1. The first-order valence-electron chi connectivity index (χ1n) is 2.86. The molecule has 0 amide bonds. The molecular formula is C7H8OS2. The van der Waals surface area contributed by atoms with Crippen molar-refractivity contribution in [3.05, 3.63) is 30.3 Å². The van der Waals surface area contributed by atoms with Crippen LogP contribution in [-0.4, -0.2) is 6.26 Å². The van der Waals surface area contributed by atoms with Crippen LogP contribution in [0.15, 0.2) is 30.3 Å². The van der Waals surface area contributed by atoms with Crippen molar-refractivity contribution in [3.63, 3.8) is 0 Å². The van der Waals surface area contributed by atoms with Gasteiger partial charge in [-0.05, 0) is 18.4 Å². The van der Waals surface area contributed by atoms with Gasteiger partial charge in [-0.25, -0.2) is 0 Å². The van der Waals surface area contributed by atoms with E-state index in [1.165, 1.54) is 11.1 Å². The summed E-state index contributed by atoms with van der Waals surface area (Å²) >= 11 is 1.38. The smallest absolute Gasteiger partial charge is 0.138 e. The van der Waals surface area contributed by atoms with Gasteiger partial charge in [0.15, 0.2) is 0 Å². The first-order valence-corrected chi connectivity index (χ1v) is 5.34. The molecule has 0 aromatic heterocycles. The molecule has 0 bridgehead atoms. The summed E-state index contributed by atoms with van der Waals surface area (Å²) in [5.74, 6) is 0.904. The SMILES string of the molecule is CSSOc1ccccc1. The maximum absolute atomic E-state index is 5.23. The molecule has 0 radical (unpaired) electrons. The summed E-state index contributed by atoms with van der Waals surface area (Å²) in [6.07, 6.45) is 1.98. The molecule has 3 heteroatoms. The Bertz CT molecular complexity index is 176.